The number of fused-ring (bicyclic) bond motifs is 1. The Labute approximate surface area is 455 Å². The molecule has 0 bridgehead atoms. The summed E-state index contributed by atoms with van der Waals surface area (Å²) in [5, 5.41) is 13.4. The second-order valence-corrected chi connectivity index (χ2v) is 22.1. The summed E-state index contributed by atoms with van der Waals surface area (Å²) >= 11 is 0. The zero-order valence-electron chi connectivity index (χ0n) is 60.4. The van der Waals surface area contributed by atoms with Crippen LogP contribution in [0.3, 0.4) is 0 Å². The third kappa shape index (κ3) is 9.81. The standard InChI is InChI=1S/C68H73N3O/c1-64(2,3)49-31-29-43(30-32-49)46-33-34-69-58(38-46)48-35-47(36-50(37-48)65(4,5)6)53-27-22-28-59-60(53)70-63(56-41-52(67(10,11)12)42-57(62(56)72)68(13,14)15)71(59)61-54(44-23-18-16-19-24-44)39-51(66(7,8)9)40-55(61)45-25-20-17-21-26-45/h16-42,72H,1-15H3/i10D3,11D3,12D3,13D3,14D3,15D3. The Morgan fingerprint density at radius 2 is 0.958 bits per heavy atom. The van der Waals surface area contributed by atoms with Crippen LogP contribution >= 0.6 is 0 Å². The monoisotopic (exact) mass is 966 g/mol. The molecule has 4 heteroatoms. The topological polar surface area (TPSA) is 50.9 Å². The van der Waals surface area contributed by atoms with E-state index in [1.807, 2.05) is 124 Å². The molecule has 0 spiro atoms. The number of phenolic OH excluding ortho intramolecular Hbond substituents is 1. The van der Waals surface area contributed by atoms with Gasteiger partial charge < -0.3 is 5.11 Å². The van der Waals surface area contributed by atoms with E-state index in [9.17, 15) is 5.11 Å². The van der Waals surface area contributed by atoms with E-state index in [4.69, 9.17) is 34.6 Å². The molecular formula is C68H73N3O. The lowest BCUT2D eigenvalue weighted by molar-refractivity contribution is 0.446. The van der Waals surface area contributed by atoms with E-state index < -0.39 is 91.0 Å². The van der Waals surface area contributed by atoms with Crippen molar-refractivity contribution in [2.45, 2.75) is 130 Å². The van der Waals surface area contributed by atoms with Gasteiger partial charge in [-0.05, 0) is 126 Å². The van der Waals surface area contributed by atoms with Crippen LogP contribution in [0, 0.1) is 0 Å². The number of aromatic nitrogens is 3. The van der Waals surface area contributed by atoms with Gasteiger partial charge in [-0.3, -0.25) is 9.55 Å². The van der Waals surface area contributed by atoms with Gasteiger partial charge in [0.2, 0.25) is 0 Å². The van der Waals surface area contributed by atoms with Crippen LogP contribution in [0.15, 0.2) is 164 Å². The molecule has 366 valence electrons. The van der Waals surface area contributed by atoms with Gasteiger partial charge >= 0.3 is 0 Å². The maximum atomic E-state index is 13.4. The van der Waals surface area contributed by atoms with E-state index in [2.05, 4.69) is 71.9 Å². The number of para-hydroxylation sites is 1. The van der Waals surface area contributed by atoms with E-state index in [1.54, 1.807) is 22.9 Å². The zero-order valence-corrected chi connectivity index (χ0v) is 42.4. The SMILES string of the molecule is [2H]C([2H])([2H])C(c1cc(-c2nc3c(-c4cc(-c5cc(-c6ccc(C(C)(C)C)cc6)ccn5)cc(C(C)(C)C)c4)cccc3n2-c2c(-c3ccccc3)cc(C(C)(C)C)cc2-c2ccccc2)c(O)c(C(C([2H])([2H])[2H])(C([2H])([2H])[2H])C([2H])([2H])[2H])c1)(C([2H])([2H])[2H])C([2H])([2H])[2H]. The summed E-state index contributed by atoms with van der Waals surface area (Å²) < 4.78 is 162. The van der Waals surface area contributed by atoms with Gasteiger partial charge in [0, 0.05) is 58.7 Å². The highest BCUT2D eigenvalue weighted by Crippen LogP contribution is 2.48. The highest BCUT2D eigenvalue weighted by Gasteiger charge is 2.31. The van der Waals surface area contributed by atoms with Crippen LogP contribution < -0.4 is 0 Å². The number of hydrogen-bond acceptors (Lipinski definition) is 3. The van der Waals surface area contributed by atoms with Gasteiger partial charge in [-0.1, -0.05) is 213 Å². The summed E-state index contributed by atoms with van der Waals surface area (Å²) in [6, 6.07) is 47.1. The van der Waals surface area contributed by atoms with E-state index in [0.717, 1.165) is 33.9 Å². The van der Waals surface area contributed by atoms with Gasteiger partial charge in [0.05, 0.1) is 28.0 Å². The number of hydrogen-bond donors (Lipinski definition) is 1. The molecule has 0 aliphatic heterocycles. The quantitative estimate of drug-likeness (QED) is 0.173. The first-order chi connectivity index (χ1) is 41.3. The predicted molar refractivity (Wildman–Crippen MR) is 307 cm³/mol. The average Bonchev–Trinajstić information content (AvgIpc) is 0.812. The van der Waals surface area contributed by atoms with Gasteiger partial charge in [0.15, 0.2) is 0 Å². The van der Waals surface area contributed by atoms with Crippen LogP contribution in [-0.4, -0.2) is 19.6 Å². The fraction of sp³-hybridized carbons (Fsp3) is 0.294. The van der Waals surface area contributed by atoms with Crippen molar-refractivity contribution in [3.05, 3.63) is 192 Å². The number of pyridine rings is 1. The summed E-state index contributed by atoms with van der Waals surface area (Å²) in [6.45, 7) is -5.93. The number of benzene rings is 7. The minimum Gasteiger partial charge on any atom is -0.507 e. The summed E-state index contributed by atoms with van der Waals surface area (Å²) in [7, 11) is 0. The molecular weight excluding hydrogens is 875 g/mol. The molecule has 9 rings (SSSR count). The van der Waals surface area contributed by atoms with Crippen molar-refractivity contribution < 1.29 is 29.8 Å². The summed E-state index contributed by atoms with van der Waals surface area (Å²) in [5.41, 5.74) is -2.39. The molecule has 0 aliphatic carbocycles. The lowest BCUT2D eigenvalue weighted by atomic mass is 9.78. The molecule has 1 N–H and O–H groups in total. The second-order valence-electron chi connectivity index (χ2n) is 22.1. The summed E-state index contributed by atoms with van der Waals surface area (Å²) in [5.74, 6) is -1.78. The van der Waals surface area contributed by atoms with E-state index >= 15 is 0 Å². The molecule has 0 radical (unpaired) electrons. The lowest BCUT2D eigenvalue weighted by Gasteiger charge is -2.28. The third-order valence-corrected chi connectivity index (χ3v) is 13.5. The average molecular weight is 966 g/mol. The first kappa shape index (κ1) is 32.1. The molecule has 7 aromatic carbocycles. The van der Waals surface area contributed by atoms with E-state index in [-0.39, 0.29) is 16.4 Å². The van der Waals surface area contributed by atoms with Crippen LogP contribution in [0.4, 0.5) is 0 Å². The highest BCUT2D eigenvalue weighted by atomic mass is 16.3. The zero-order chi connectivity index (χ0) is 66.7. The summed E-state index contributed by atoms with van der Waals surface area (Å²) in [4.78, 5) is 10.3. The Morgan fingerprint density at radius 3 is 1.53 bits per heavy atom. The molecule has 0 saturated heterocycles. The van der Waals surface area contributed by atoms with Gasteiger partial charge in [0.25, 0.3) is 0 Å². The number of rotatable bonds is 7. The van der Waals surface area contributed by atoms with Crippen LogP contribution in [-0.2, 0) is 27.1 Å². The van der Waals surface area contributed by atoms with Crippen molar-refractivity contribution in [1.82, 2.24) is 14.5 Å². The fourth-order valence-electron chi connectivity index (χ4n) is 9.33. The van der Waals surface area contributed by atoms with Crippen molar-refractivity contribution in [3.63, 3.8) is 0 Å². The molecule has 72 heavy (non-hydrogen) atoms. The normalized spacial score (nSPS) is 17.5. The maximum Gasteiger partial charge on any atom is 0.149 e. The van der Waals surface area contributed by atoms with Gasteiger partial charge in [-0.15, -0.1) is 0 Å². The minimum atomic E-state index is -4.17. The van der Waals surface area contributed by atoms with Gasteiger partial charge in [0.1, 0.15) is 11.6 Å². The Morgan fingerprint density at radius 1 is 0.417 bits per heavy atom. The lowest BCUT2D eigenvalue weighted by Crippen LogP contribution is -2.17. The van der Waals surface area contributed by atoms with Gasteiger partial charge in [-0.25, -0.2) is 4.98 Å². The Bertz CT molecular complexity index is 4020. The Hall–Kier alpha value is -7.04. The maximum absolute atomic E-state index is 13.4. The second kappa shape index (κ2) is 18.2. The predicted octanol–water partition coefficient (Wildman–Crippen LogP) is 18.6. The van der Waals surface area contributed by atoms with E-state index in [0.29, 0.717) is 50.8 Å². The Kier molecular flexibility index (Phi) is 8.13. The van der Waals surface area contributed by atoms with Crippen molar-refractivity contribution in [2.24, 2.45) is 0 Å². The fourth-order valence-corrected chi connectivity index (χ4v) is 9.33. The first-order valence-electron chi connectivity index (χ1n) is 33.2. The molecule has 0 atom stereocenters. The van der Waals surface area contributed by atoms with Crippen LogP contribution in [0.1, 0.15) is 156 Å². The Balaban J connectivity index is 1.54. The molecule has 2 aromatic heterocycles. The number of imidazole rings is 1. The molecule has 9 aromatic rings. The van der Waals surface area contributed by atoms with Crippen molar-refractivity contribution in [3.8, 4) is 78.6 Å². The van der Waals surface area contributed by atoms with E-state index in [1.165, 1.54) is 5.56 Å². The minimum absolute atomic E-state index is 0.0697. The molecule has 0 unspecified atom stereocenters. The van der Waals surface area contributed by atoms with Crippen molar-refractivity contribution in [1.29, 1.82) is 0 Å². The molecule has 0 saturated carbocycles. The number of aromatic hydroxyl groups is 1. The van der Waals surface area contributed by atoms with Crippen LogP contribution in [0.5, 0.6) is 5.75 Å². The molecule has 4 nitrogen and oxygen atoms in total. The van der Waals surface area contributed by atoms with Crippen LogP contribution in [0.2, 0.25) is 0 Å². The third-order valence-electron chi connectivity index (χ3n) is 13.5. The number of nitrogens with zero attached hydrogens (tertiary/aromatic N) is 3. The first-order valence-corrected chi connectivity index (χ1v) is 24.2. The van der Waals surface area contributed by atoms with Crippen molar-refractivity contribution >= 4 is 11.0 Å². The highest BCUT2D eigenvalue weighted by molar-refractivity contribution is 6.00. The van der Waals surface area contributed by atoms with Crippen LogP contribution in [0.25, 0.3) is 83.9 Å². The van der Waals surface area contributed by atoms with Gasteiger partial charge in [-0.2, -0.15) is 0 Å². The summed E-state index contributed by atoms with van der Waals surface area (Å²) in [6.07, 6.45) is 1.74. The van der Waals surface area contributed by atoms with Crippen molar-refractivity contribution in [2.75, 3.05) is 0 Å². The molecule has 0 aliphatic rings. The number of phenols is 1. The molecule has 0 fully saturated rings. The largest absolute Gasteiger partial charge is 0.507 e. The molecule has 2 heterocycles. The smallest absolute Gasteiger partial charge is 0.149 e. The molecule has 0 amide bonds.